The lowest BCUT2D eigenvalue weighted by Crippen LogP contribution is -2.48. The highest BCUT2D eigenvalue weighted by atomic mass is 35.5. The summed E-state index contributed by atoms with van der Waals surface area (Å²) in [6.45, 7) is 2.92. The van der Waals surface area contributed by atoms with Gasteiger partial charge in [-0.3, -0.25) is 4.79 Å². The van der Waals surface area contributed by atoms with Gasteiger partial charge in [0.1, 0.15) is 0 Å². The van der Waals surface area contributed by atoms with Crippen molar-refractivity contribution in [2.75, 3.05) is 29.4 Å². The van der Waals surface area contributed by atoms with Crippen LogP contribution in [0.25, 0.3) is 0 Å². The quantitative estimate of drug-likeness (QED) is 0.864. The van der Waals surface area contributed by atoms with Crippen LogP contribution in [0, 0.1) is 11.8 Å². The minimum Gasteiger partial charge on any atom is -0.368 e. The maximum atomic E-state index is 13.1. The molecule has 0 saturated heterocycles. The lowest BCUT2D eigenvalue weighted by molar-refractivity contribution is -0.123. The molecule has 4 nitrogen and oxygen atoms in total. The van der Waals surface area contributed by atoms with E-state index in [2.05, 4.69) is 23.1 Å². The van der Waals surface area contributed by atoms with Crippen molar-refractivity contribution in [1.82, 2.24) is 0 Å². The average Bonchev–Trinajstić information content (AvgIpc) is 3.39. The number of halogens is 2. The van der Waals surface area contributed by atoms with Crippen molar-refractivity contribution in [3.63, 3.8) is 0 Å². The zero-order valence-corrected chi connectivity index (χ0v) is 16.2. The number of carbonyl (C=O) groups excluding carboxylic acids is 1. The number of anilines is 2. The van der Waals surface area contributed by atoms with E-state index in [1.54, 1.807) is 0 Å². The fraction of sp³-hybridized carbons (Fsp3) is 0.632. The average molecular weight is 386 g/mol. The summed E-state index contributed by atoms with van der Waals surface area (Å²) in [6.07, 6.45) is 6.72. The summed E-state index contributed by atoms with van der Waals surface area (Å²) < 4.78 is 0. The number of hydrogen-bond acceptors (Lipinski definition) is 3. The molecule has 4 rings (SSSR count). The fourth-order valence-electron chi connectivity index (χ4n) is 4.12. The molecule has 6 heteroatoms. The molecule has 140 valence electrons. The van der Waals surface area contributed by atoms with Crippen LogP contribution in [0.5, 0.6) is 0 Å². The fourth-order valence-corrected chi connectivity index (χ4v) is 4.12. The molecule has 2 unspecified atom stereocenters. The van der Waals surface area contributed by atoms with Crippen molar-refractivity contribution in [2.45, 2.75) is 44.6 Å². The van der Waals surface area contributed by atoms with E-state index < -0.39 is 0 Å². The number of rotatable bonds is 3. The Morgan fingerprint density at radius 3 is 2.44 bits per heavy atom. The highest BCUT2D eigenvalue weighted by molar-refractivity contribution is 5.99. The SMILES string of the molecule is Cl.Cl.NC1CCCC(C(=O)N2CCN(CC3CC3)c3ccccc32)C1. The zero-order chi connectivity index (χ0) is 15.8. The molecule has 0 radical (unpaired) electrons. The second-order valence-electron chi connectivity index (χ2n) is 7.49. The van der Waals surface area contributed by atoms with Gasteiger partial charge in [-0.2, -0.15) is 0 Å². The number of benzene rings is 1. The molecule has 3 aliphatic rings. The van der Waals surface area contributed by atoms with Crippen LogP contribution in [0.1, 0.15) is 38.5 Å². The summed E-state index contributed by atoms with van der Waals surface area (Å²) in [5.74, 6) is 1.27. The maximum absolute atomic E-state index is 13.1. The number of carbonyl (C=O) groups is 1. The first-order valence-electron chi connectivity index (χ1n) is 9.13. The largest absolute Gasteiger partial charge is 0.368 e. The molecule has 2 aliphatic carbocycles. The van der Waals surface area contributed by atoms with Crippen LogP contribution < -0.4 is 15.5 Å². The highest BCUT2D eigenvalue weighted by Gasteiger charge is 2.34. The van der Waals surface area contributed by atoms with E-state index in [9.17, 15) is 4.79 Å². The Morgan fingerprint density at radius 2 is 1.76 bits per heavy atom. The lowest BCUT2D eigenvalue weighted by Gasteiger charge is -2.40. The van der Waals surface area contributed by atoms with Gasteiger partial charge in [0, 0.05) is 31.6 Å². The van der Waals surface area contributed by atoms with E-state index in [-0.39, 0.29) is 36.8 Å². The van der Waals surface area contributed by atoms with Crippen LogP contribution in [-0.4, -0.2) is 31.6 Å². The number of para-hydroxylation sites is 2. The lowest BCUT2D eigenvalue weighted by atomic mass is 9.85. The first-order chi connectivity index (χ1) is 11.2. The van der Waals surface area contributed by atoms with E-state index in [0.717, 1.165) is 56.9 Å². The van der Waals surface area contributed by atoms with Crippen LogP contribution in [0.3, 0.4) is 0 Å². The summed E-state index contributed by atoms with van der Waals surface area (Å²) in [4.78, 5) is 17.6. The van der Waals surface area contributed by atoms with Gasteiger partial charge in [-0.15, -0.1) is 24.8 Å². The Labute approximate surface area is 162 Å². The van der Waals surface area contributed by atoms with Gasteiger partial charge in [-0.25, -0.2) is 0 Å². The van der Waals surface area contributed by atoms with Crippen LogP contribution in [-0.2, 0) is 4.79 Å². The van der Waals surface area contributed by atoms with Gasteiger partial charge in [-0.1, -0.05) is 18.6 Å². The Kier molecular flexibility index (Phi) is 7.01. The predicted molar refractivity (Wildman–Crippen MR) is 108 cm³/mol. The first kappa shape index (κ1) is 20.3. The molecule has 2 fully saturated rings. The monoisotopic (exact) mass is 385 g/mol. The summed E-state index contributed by atoms with van der Waals surface area (Å²) >= 11 is 0. The molecule has 1 amide bonds. The van der Waals surface area contributed by atoms with E-state index in [0.29, 0.717) is 5.91 Å². The number of fused-ring (bicyclic) bond motifs is 1. The van der Waals surface area contributed by atoms with Crippen molar-refractivity contribution < 1.29 is 4.79 Å². The molecule has 1 aromatic rings. The predicted octanol–water partition coefficient (Wildman–Crippen LogP) is 3.61. The molecule has 1 aromatic carbocycles. The smallest absolute Gasteiger partial charge is 0.230 e. The number of nitrogens with zero attached hydrogens (tertiary/aromatic N) is 2. The van der Waals surface area contributed by atoms with Crippen molar-refractivity contribution in [3.8, 4) is 0 Å². The molecule has 0 spiro atoms. The molecule has 25 heavy (non-hydrogen) atoms. The minimum absolute atomic E-state index is 0. The molecule has 0 bridgehead atoms. The second-order valence-corrected chi connectivity index (χ2v) is 7.49. The van der Waals surface area contributed by atoms with Crippen LogP contribution >= 0.6 is 24.8 Å². The van der Waals surface area contributed by atoms with Gasteiger partial charge in [0.2, 0.25) is 5.91 Å². The third-order valence-electron chi connectivity index (χ3n) is 5.61. The summed E-state index contributed by atoms with van der Waals surface area (Å²) in [7, 11) is 0. The molecule has 2 saturated carbocycles. The molecular weight excluding hydrogens is 357 g/mol. The van der Waals surface area contributed by atoms with Gasteiger partial charge < -0.3 is 15.5 Å². The van der Waals surface area contributed by atoms with Gasteiger partial charge in [-0.05, 0) is 50.2 Å². The van der Waals surface area contributed by atoms with Crippen LogP contribution in [0.4, 0.5) is 11.4 Å². The van der Waals surface area contributed by atoms with E-state index in [4.69, 9.17) is 5.73 Å². The third kappa shape index (κ3) is 4.42. The molecule has 2 N–H and O–H groups in total. The first-order valence-corrected chi connectivity index (χ1v) is 9.13. The second kappa shape index (κ2) is 8.61. The van der Waals surface area contributed by atoms with Crippen molar-refractivity contribution >= 4 is 42.1 Å². The molecule has 2 atom stereocenters. The van der Waals surface area contributed by atoms with Gasteiger partial charge in [0.15, 0.2) is 0 Å². The van der Waals surface area contributed by atoms with Gasteiger partial charge >= 0.3 is 0 Å². The Balaban J connectivity index is 0.00000113. The van der Waals surface area contributed by atoms with Crippen molar-refractivity contribution in [1.29, 1.82) is 0 Å². The highest BCUT2D eigenvalue weighted by Crippen LogP contribution is 2.38. The Bertz CT molecular complexity index is 594. The number of amides is 1. The minimum atomic E-state index is 0. The maximum Gasteiger partial charge on any atom is 0.230 e. The van der Waals surface area contributed by atoms with E-state index in [1.165, 1.54) is 18.5 Å². The molecule has 0 aromatic heterocycles. The zero-order valence-electron chi connectivity index (χ0n) is 14.6. The van der Waals surface area contributed by atoms with E-state index >= 15 is 0 Å². The standard InChI is InChI=1S/C19H27N3O.2ClH/c20-16-5-3-4-15(12-16)19(23)22-11-10-21(13-14-8-9-14)17-6-1-2-7-18(17)22;;/h1-2,6-7,14-16H,3-5,8-13,20H2;2*1H. The Morgan fingerprint density at radius 1 is 1.04 bits per heavy atom. The van der Waals surface area contributed by atoms with Gasteiger partial charge in [0.05, 0.1) is 11.4 Å². The summed E-state index contributed by atoms with van der Waals surface area (Å²) in [5.41, 5.74) is 8.43. The third-order valence-corrected chi connectivity index (χ3v) is 5.61. The number of nitrogens with two attached hydrogens (primary N) is 1. The summed E-state index contributed by atoms with van der Waals surface area (Å²) in [6, 6.07) is 8.61. The topological polar surface area (TPSA) is 49.6 Å². The van der Waals surface area contributed by atoms with Crippen molar-refractivity contribution in [3.05, 3.63) is 24.3 Å². The Hall–Kier alpha value is -0.970. The van der Waals surface area contributed by atoms with Crippen LogP contribution in [0.15, 0.2) is 24.3 Å². The number of hydrogen-bond donors (Lipinski definition) is 1. The van der Waals surface area contributed by atoms with Crippen molar-refractivity contribution in [2.24, 2.45) is 17.6 Å². The normalized spacial score (nSPS) is 25.5. The molecule has 1 heterocycles. The molecular formula is C19H29Cl2N3O. The van der Waals surface area contributed by atoms with Crippen LogP contribution in [0.2, 0.25) is 0 Å². The summed E-state index contributed by atoms with van der Waals surface area (Å²) in [5, 5.41) is 0. The van der Waals surface area contributed by atoms with E-state index in [1.807, 2.05) is 11.0 Å². The van der Waals surface area contributed by atoms with Gasteiger partial charge in [0.25, 0.3) is 0 Å². The molecule has 1 aliphatic heterocycles.